The summed E-state index contributed by atoms with van der Waals surface area (Å²) in [5, 5.41) is 14.7. The van der Waals surface area contributed by atoms with Gasteiger partial charge in [-0.1, -0.05) is 23.7 Å². The van der Waals surface area contributed by atoms with Gasteiger partial charge < -0.3 is 20.1 Å². The number of carbonyl (C=O) groups is 2. The van der Waals surface area contributed by atoms with Gasteiger partial charge in [0.25, 0.3) is 11.8 Å². The molecule has 2 aliphatic heterocycles. The summed E-state index contributed by atoms with van der Waals surface area (Å²) in [6.45, 7) is 0.247. The molecule has 2 aliphatic rings. The summed E-state index contributed by atoms with van der Waals surface area (Å²) in [5.74, 6) is -2.80. The smallest absolute Gasteiger partial charge is 0.277 e. The van der Waals surface area contributed by atoms with Crippen molar-refractivity contribution in [2.45, 2.75) is 19.1 Å². The monoisotopic (exact) mass is 476 g/mol. The molecular weight excluding hydrogens is 455 g/mol. The number of fused-ring (bicyclic) bond motifs is 3. The molecule has 2 amide bonds. The topological polar surface area (TPSA) is 104 Å². The summed E-state index contributed by atoms with van der Waals surface area (Å²) in [4.78, 5) is 39.9. The molecule has 1 aromatic carbocycles. The van der Waals surface area contributed by atoms with Crippen LogP contribution in [-0.2, 0) is 11.3 Å². The van der Waals surface area contributed by atoms with E-state index in [1.807, 2.05) is 6.08 Å². The van der Waals surface area contributed by atoms with Crippen LogP contribution in [0, 0.1) is 11.7 Å². The molecule has 1 aromatic heterocycles. The van der Waals surface area contributed by atoms with Crippen LogP contribution < -0.4 is 15.8 Å². The van der Waals surface area contributed by atoms with Crippen molar-refractivity contribution in [3.8, 4) is 5.75 Å². The van der Waals surface area contributed by atoms with E-state index in [4.69, 9.17) is 16.3 Å². The van der Waals surface area contributed by atoms with Gasteiger partial charge >= 0.3 is 0 Å². The van der Waals surface area contributed by atoms with Gasteiger partial charge in [0, 0.05) is 37.8 Å². The number of hydrogen-bond donors (Lipinski definition) is 2. The molecule has 33 heavy (non-hydrogen) atoms. The second-order valence-corrected chi connectivity index (χ2v) is 8.30. The van der Waals surface area contributed by atoms with Crippen molar-refractivity contribution in [2.24, 2.45) is 5.92 Å². The van der Waals surface area contributed by atoms with Crippen molar-refractivity contribution in [3.63, 3.8) is 0 Å². The second-order valence-electron chi connectivity index (χ2n) is 7.89. The van der Waals surface area contributed by atoms with Crippen molar-refractivity contribution in [1.82, 2.24) is 14.9 Å². The van der Waals surface area contributed by atoms with Crippen LogP contribution in [0.5, 0.6) is 5.75 Å². The zero-order valence-corrected chi connectivity index (χ0v) is 18.7. The normalized spacial score (nSPS) is 19.6. The molecule has 1 saturated heterocycles. The van der Waals surface area contributed by atoms with E-state index in [1.165, 1.54) is 41.1 Å². The first kappa shape index (κ1) is 22.7. The molecule has 0 saturated carbocycles. The van der Waals surface area contributed by atoms with E-state index in [-0.39, 0.29) is 40.5 Å². The number of halogens is 2. The molecule has 2 aromatic rings. The van der Waals surface area contributed by atoms with E-state index in [9.17, 15) is 23.9 Å². The molecule has 0 spiro atoms. The lowest BCUT2D eigenvalue weighted by Crippen LogP contribution is -2.57. The fourth-order valence-corrected chi connectivity index (χ4v) is 4.35. The first-order valence-electron chi connectivity index (χ1n) is 10.2. The molecule has 0 aliphatic carbocycles. The van der Waals surface area contributed by atoms with Gasteiger partial charge in [-0.3, -0.25) is 24.1 Å². The van der Waals surface area contributed by atoms with Crippen LogP contribution in [0.2, 0.25) is 5.02 Å². The molecule has 11 heteroatoms. The largest absolute Gasteiger partial charge is 0.505 e. The third kappa shape index (κ3) is 3.91. The Kier molecular flexibility index (Phi) is 6.03. The number of amides is 2. The lowest BCUT2D eigenvalue weighted by atomic mass is 10.1. The Morgan fingerprint density at radius 1 is 1.39 bits per heavy atom. The molecule has 0 bridgehead atoms. The average molecular weight is 477 g/mol. The van der Waals surface area contributed by atoms with Gasteiger partial charge in [-0.05, 0) is 18.6 Å². The number of benzene rings is 1. The predicted molar refractivity (Wildman–Crippen MR) is 118 cm³/mol. The number of ether oxygens (including phenoxy) is 1. The van der Waals surface area contributed by atoms with Crippen LogP contribution in [0.4, 0.5) is 4.39 Å². The van der Waals surface area contributed by atoms with Gasteiger partial charge in [0.1, 0.15) is 17.5 Å². The molecule has 4 rings (SSSR count). The zero-order chi connectivity index (χ0) is 23.9. The summed E-state index contributed by atoms with van der Waals surface area (Å²) in [6.07, 6.45) is 4.93. The Morgan fingerprint density at radius 3 is 2.88 bits per heavy atom. The van der Waals surface area contributed by atoms with Crippen LogP contribution in [0.1, 0.15) is 32.8 Å². The lowest BCUT2D eigenvalue weighted by molar-refractivity contribution is 0.0653. The van der Waals surface area contributed by atoms with E-state index in [1.54, 1.807) is 18.3 Å². The van der Waals surface area contributed by atoms with Crippen molar-refractivity contribution in [1.29, 1.82) is 0 Å². The molecule has 2 atom stereocenters. The molecule has 9 nitrogen and oxygen atoms in total. The molecular formula is C22H22ClFN4O5. The van der Waals surface area contributed by atoms with E-state index < -0.39 is 28.8 Å². The number of pyridine rings is 1. The highest BCUT2D eigenvalue weighted by Crippen LogP contribution is 2.32. The van der Waals surface area contributed by atoms with Gasteiger partial charge in [-0.2, -0.15) is 0 Å². The van der Waals surface area contributed by atoms with Gasteiger partial charge in [0.15, 0.2) is 11.4 Å². The number of methoxy groups -OCH3 is 1. The third-order valence-electron chi connectivity index (χ3n) is 5.89. The maximum atomic E-state index is 14.1. The quantitative estimate of drug-likeness (QED) is 0.638. The van der Waals surface area contributed by atoms with E-state index >= 15 is 0 Å². The SMILES string of the molecule is CO/C=C/C1C[C@H]2N(C)C(=O)c3c(O)c(=O)c(C(=O)NCc4cccc(Cl)c4F)cn3N2C1. The number of nitrogens with zero attached hydrogens (tertiary/aromatic N) is 3. The fraction of sp³-hybridized carbons (Fsp3) is 0.318. The molecule has 0 radical (unpaired) electrons. The van der Waals surface area contributed by atoms with E-state index in [0.29, 0.717) is 13.0 Å². The highest BCUT2D eigenvalue weighted by Gasteiger charge is 2.43. The molecule has 1 fully saturated rings. The number of aromatic hydroxyl groups is 1. The second kappa shape index (κ2) is 8.78. The Bertz CT molecular complexity index is 1210. The number of aromatic nitrogens is 1. The minimum atomic E-state index is -0.986. The van der Waals surface area contributed by atoms with Gasteiger partial charge in [-0.15, -0.1) is 0 Å². The Hall–Kier alpha value is -3.53. The first-order valence-corrected chi connectivity index (χ1v) is 10.6. The minimum Gasteiger partial charge on any atom is -0.505 e. The highest BCUT2D eigenvalue weighted by atomic mass is 35.5. The highest BCUT2D eigenvalue weighted by molar-refractivity contribution is 6.30. The maximum absolute atomic E-state index is 14.1. The first-order chi connectivity index (χ1) is 15.7. The molecule has 174 valence electrons. The van der Waals surface area contributed by atoms with Crippen molar-refractivity contribution >= 4 is 23.4 Å². The maximum Gasteiger partial charge on any atom is 0.277 e. The van der Waals surface area contributed by atoms with Crippen LogP contribution in [0.15, 0.2) is 41.5 Å². The van der Waals surface area contributed by atoms with Gasteiger partial charge in [-0.25, -0.2) is 4.39 Å². The number of rotatable bonds is 5. The summed E-state index contributed by atoms with van der Waals surface area (Å²) in [7, 11) is 3.13. The summed E-state index contributed by atoms with van der Waals surface area (Å²) in [5.41, 5.74) is -1.43. The average Bonchev–Trinajstić information content (AvgIpc) is 3.23. The van der Waals surface area contributed by atoms with Gasteiger partial charge in [0.05, 0.1) is 18.4 Å². The molecule has 2 N–H and O–H groups in total. The van der Waals surface area contributed by atoms with Crippen LogP contribution in [0.3, 0.4) is 0 Å². The summed E-state index contributed by atoms with van der Waals surface area (Å²) < 4.78 is 20.5. The predicted octanol–water partition coefficient (Wildman–Crippen LogP) is 1.81. The van der Waals surface area contributed by atoms with Crippen LogP contribution in [-0.4, -0.2) is 53.4 Å². The van der Waals surface area contributed by atoms with Crippen molar-refractivity contribution < 1.29 is 23.8 Å². The van der Waals surface area contributed by atoms with Crippen LogP contribution in [0.25, 0.3) is 0 Å². The molecule has 1 unspecified atom stereocenters. The number of carbonyl (C=O) groups excluding carboxylic acids is 2. The van der Waals surface area contributed by atoms with Gasteiger partial charge in [0.2, 0.25) is 5.43 Å². The zero-order valence-electron chi connectivity index (χ0n) is 17.9. The van der Waals surface area contributed by atoms with Crippen LogP contribution >= 0.6 is 11.6 Å². The molecule has 3 heterocycles. The number of hydrogen-bond acceptors (Lipinski definition) is 6. The lowest BCUT2D eigenvalue weighted by Gasteiger charge is -2.41. The van der Waals surface area contributed by atoms with Crippen molar-refractivity contribution in [3.05, 3.63) is 74.6 Å². The Morgan fingerprint density at radius 2 is 2.15 bits per heavy atom. The Balaban J connectivity index is 1.68. The number of nitrogens with one attached hydrogen (secondary N) is 1. The fourth-order valence-electron chi connectivity index (χ4n) is 4.16. The minimum absolute atomic E-state index is 0.0424. The van der Waals surface area contributed by atoms with Crippen molar-refractivity contribution in [2.75, 3.05) is 25.7 Å². The third-order valence-corrected chi connectivity index (χ3v) is 6.18. The van der Waals surface area contributed by atoms with E-state index in [0.717, 1.165) is 0 Å². The summed E-state index contributed by atoms with van der Waals surface area (Å²) in [6, 6.07) is 4.37. The standard InChI is InChI=1S/C22H22ClFN4O5/c1-26-16-8-12(6-7-33-2)10-27(16)28-11-14(19(29)20(30)18(28)22(26)32)21(31)25-9-13-4-3-5-15(23)17(13)24/h3-7,11-12,16,30H,8-10H2,1-2H3,(H,25,31)/b7-6+/t12?,16-/m0/s1. The Labute approximate surface area is 193 Å². The summed E-state index contributed by atoms with van der Waals surface area (Å²) >= 11 is 5.76. The van der Waals surface area contributed by atoms with E-state index in [2.05, 4.69) is 5.32 Å².